The molecule has 1 rings (SSSR count). The van der Waals surface area contributed by atoms with Gasteiger partial charge in [0, 0.05) is 19.1 Å². The van der Waals surface area contributed by atoms with Crippen LogP contribution in [-0.2, 0) is 4.79 Å². The van der Waals surface area contributed by atoms with Gasteiger partial charge in [0.05, 0.1) is 6.54 Å². The quantitative estimate of drug-likeness (QED) is 0.604. The molecule has 1 amide bonds. The Morgan fingerprint density at radius 1 is 1.57 bits per heavy atom. The summed E-state index contributed by atoms with van der Waals surface area (Å²) >= 11 is 0. The van der Waals surface area contributed by atoms with Crippen molar-refractivity contribution in [1.29, 1.82) is 0 Å². The Kier molecular flexibility index (Phi) is 4.90. The monoisotopic (exact) mass is 199 g/mol. The van der Waals surface area contributed by atoms with Crippen LogP contribution >= 0.6 is 0 Å². The SMILES string of the molecule is CCCN(CC(=O)NCCN)C1CC1. The number of hydrogen-bond acceptors (Lipinski definition) is 3. The molecule has 0 aliphatic heterocycles. The lowest BCUT2D eigenvalue weighted by atomic mass is 10.3. The molecule has 4 heteroatoms. The highest BCUT2D eigenvalue weighted by molar-refractivity contribution is 5.78. The van der Waals surface area contributed by atoms with E-state index in [1.54, 1.807) is 0 Å². The summed E-state index contributed by atoms with van der Waals surface area (Å²) in [5, 5.41) is 2.80. The summed E-state index contributed by atoms with van der Waals surface area (Å²) in [6, 6.07) is 0.665. The molecule has 0 saturated heterocycles. The fraction of sp³-hybridized carbons (Fsp3) is 0.900. The molecule has 14 heavy (non-hydrogen) atoms. The number of carbonyl (C=O) groups excluding carboxylic acids is 1. The summed E-state index contributed by atoms with van der Waals surface area (Å²) in [7, 11) is 0. The summed E-state index contributed by atoms with van der Waals surface area (Å²) in [4.78, 5) is 13.7. The number of nitrogens with two attached hydrogens (primary N) is 1. The molecule has 82 valence electrons. The van der Waals surface area contributed by atoms with Crippen molar-refractivity contribution in [2.45, 2.75) is 32.2 Å². The van der Waals surface area contributed by atoms with E-state index in [9.17, 15) is 4.79 Å². The van der Waals surface area contributed by atoms with E-state index < -0.39 is 0 Å². The molecule has 3 N–H and O–H groups in total. The zero-order chi connectivity index (χ0) is 10.4. The summed E-state index contributed by atoms with van der Waals surface area (Å²) in [6.07, 6.45) is 3.62. The van der Waals surface area contributed by atoms with E-state index >= 15 is 0 Å². The first-order chi connectivity index (χ1) is 6.77. The standard InChI is InChI=1S/C10H21N3O/c1-2-7-13(9-3-4-9)8-10(14)12-6-5-11/h9H,2-8,11H2,1H3,(H,12,14). The highest BCUT2D eigenvalue weighted by atomic mass is 16.2. The summed E-state index contributed by atoms with van der Waals surface area (Å²) < 4.78 is 0. The first-order valence-electron chi connectivity index (χ1n) is 5.48. The normalized spacial score (nSPS) is 15.9. The smallest absolute Gasteiger partial charge is 0.234 e. The van der Waals surface area contributed by atoms with Crippen LogP contribution in [0.25, 0.3) is 0 Å². The van der Waals surface area contributed by atoms with Crippen LogP contribution in [0.3, 0.4) is 0 Å². The molecule has 0 spiro atoms. The molecule has 0 aromatic heterocycles. The van der Waals surface area contributed by atoms with Gasteiger partial charge in [-0.15, -0.1) is 0 Å². The molecule has 0 bridgehead atoms. The van der Waals surface area contributed by atoms with Crippen molar-refractivity contribution in [2.24, 2.45) is 5.73 Å². The van der Waals surface area contributed by atoms with Gasteiger partial charge in [-0.1, -0.05) is 6.92 Å². The summed E-state index contributed by atoms with van der Waals surface area (Å²) in [5.74, 6) is 0.107. The number of amides is 1. The molecule has 0 aromatic carbocycles. The molecule has 1 aliphatic carbocycles. The maximum atomic E-state index is 11.4. The maximum absolute atomic E-state index is 11.4. The van der Waals surface area contributed by atoms with Crippen LogP contribution in [0.2, 0.25) is 0 Å². The zero-order valence-electron chi connectivity index (χ0n) is 8.96. The third kappa shape index (κ3) is 4.07. The fourth-order valence-electron chi connectivity index (χ4n) is 1.57. The van der Waals surface area contributed by atoms with E-state index in [1.807, 2.05) is 0 Å². The Morgan fingerprint density at radius 2 is 2.29 bits per heavy atom. The van der Waals surface area contributed by atoms with E-state index in [0.29, 0.717) is 25.7 Å². The number of hydrogen-bond donors (Lipinski definition) is 2. The molecule has 0 heterocycles. The van der Waals surface area contributed by atoms with Crippen molar-refractivity contribution < 1.29 is 4.79 Å². The minimum Gasteiger partial charge on any atom is -0.354 e. The number of carbonyl (C=O) groups is 1. The molecular formula is C10H21N3O. The second kappa shape index (κ2) is 5.98. The third-order valence-electron chi connectivity index (χ3n) is 2.39. The fourth-order valence-corrected chi connectivity index (χ4v) is 1.57. The zero-order valence-corrected chi connectivity index (χ0v) is 8.96. The Balaban J connectivity index is 2.20. The second-order valence-corrected chi connectivity index (χ2v) is 3.84. The highest BCUT2D eigenvalue weighted by Gasteiger charge is 2.29. The maximum Gasteiger partial charge on any atom is 0.234 e. The Morgan fingerprint density at radius 3 is 2.79 bits per heavy atom. The van der Waals surface area contributed by atoms with Crippen LogP contribution in [0.1, 0.15) is 26.2 Å². The molecule has 0 unspecified atom stereocenters. The van der Waals surface area contributed by atoms with Crippen LogP contribution < -0.4 is 11.1 Å². The van der Waals surface area contributed by atoms with Crippen molar-refractivity contribution in [1.82, 2.24) is 10.2 Å². The van der Waals surface area contributed by atoms with Gasteiger partial charge in [-0.2, -0.15) is 0 Å². The molecule has 0 radical (unpaired) electrons. The average Bonchev–Trinajstić information content (AvgIpc) is 2.97. The van der Waals surface area contributed by atoms with Crippen molar-refractivity contribution in [3.05, 3.63) is 0 Å². The van der Waals surface area contributed by atoms with Gasteiger partial charge in [0.25, 0.3) is 0 Å². The van der Waals surface area contributed by atoms with E-state index in [4.69, 9.17) is 5.73 Å². The molecule has 1 fully saturated rings. The van der Waals surface area contributed by atoms with Crippen LogP contribution in [0.5, 0.6) is 0 Å². The predicted octanol–water partition coefficient (Wildman–Crippen LogP) is -0.0643. The lowest BCUT2D eigenvalue weighted by Crippen LogP contribution is -2.40. The van der Waals surface area contributed by atoms with Crippen LogP contribution in [0, 0.1) is 0 Å². The van der Waals surface area contributed by atoms with Gasteiger partial charge in [-0.05, 0) is 25.8 Å². The van der Waals surface area contributed by atoms with Crippen LogP contribution in [-0.4, -0.2) is 43.0 Å². The molecule has 0 atom stereocenters. The lowest BCUT2D eigenvalue weighted by Gasteiger charge is -2.20. The van der Waals surface area contributed by atoms with E-state index in [0.717, 1.165) is 13.0 Å². The van der Waals surface area contributed by atoms with Gasteiger partial charge in [0.2, 0.25) is 5.91 Å². The Hall–Kier alpha value is -0.610. The van der Waals surface area contributed by atoms with Gasteiger partial charge < -0.3 is 11.1 Å². The highest BCUT2D eigenvalue weighted by Crippen LogP contribution is 2.26. The van der Waals surface area contributed by atoms with Gasteiger partial charge in [-0.25, -0.2) is 0 Å². The molecule has 1 aliphatic rings. The average molecular weight is 199 g/mol. The van der Waals surface area contributed by atoms with Gasteiger partial charge >= 0.3 is 0 Å². The first kappa shape index (κ1) is 11.5. The van der Waals surface area contributed by atoms with Gasteiger partial charge in [0.15, 0.2) is 0 Å². The van der Waals surface area contributed by atoms with E-state index in [-0.39, 0.29) is 5.91 Å². The van der Waals surface area contributed by atoms with Crippen molar-refractivity contribution >= 4 is 5.91 Å². The van der Waals surface area contributed by atoms with Crippen LogP contribution in [0.15, 0.2) is 0 Å². The minimum atomic E-state index is 0.107. The third-order valence-corrected chi connectivity index (χ3v) is 2.39. The van der Waals surface area contributed by atoms with E-state index in [1.165, 1.54) is 12.8 Å². The predicted molar refractivity (Wildman–Crippen MR) is 57.0 cm³/mol. The van der Waals surface area contributed by atoms with Gasteiger partial charge in [0.1, 0.15) is 0 Å². The topological polar surface area (TPSA) is 58.4 Å². The Labute approximate surface area is 85.8 Å². The van der Waals surface area contributed by atoms with Gasteiger partial charge in [-0.3, -0.25) is 9.69 Å². The van der Waals surface area contributed by atoms with Crippen LogP contribution in [0.4, 0.5) is 0 Å². The lowest BCUT2D eigenvalue weighted by molar-refractivity contribution is -0.122. The van der Waals surface area contributed by atoms with Crippen molar-refractivity contribution in [2.75, 3.05) is 26.2 Å². The molecule has 1 saturated carbocycles. The molecule has 4 nitrogen and oxygen atoms in total. The largest absolute Gasteiger partial charge is 0.354 e. The summed E-state index contributed by atoms with van der Waals surface area (Å²) in [6.45, 7) is 4.82. The minimum absolute atomic E-state index is 0.107. The molecule has 0 aromatic rings. The van der Waals surface area contributed by atoms with Crippen molar-refractivity contribution in [3.8, 4) is 0 Å². The first-order valence-corrected chi connectivity index (χ1v) is 5.48. The molecular weight excluding hydrogens is 178 g/mol. The number of nitrogens with one attached hydrogen (secondary N) is 1. The van der Waals surface area contributed by atoms with E-state index in [2.05, 4.69) is 17.1 Å². The second-order valence-electron chi connectivity index (χ2n) is 3.84. The summed E-state index contributed by atoms with van der Waals surface area (Å²) in [5.41, 5.74) is 5.31. The number of rotatable bonds is 7. The van der Waals surface area contributed by atoms with Crippen molar-refractivity contribution in [3.63, 3.8) is 0 Å². The Bertz CT molecular complexity index is 180. The number of nitrogens with zero attached hydrogens (tertiary/aromatic N) is 1.